The number of hydrogen-bond acceptors (Lipinski definition) is 5. The van der Waals surface area contributed by atoms with E-state index >= 15 is 0 Å². The normalized spacial score (nSPS) is 11.8. The lowest BCUT2D eigenvalue weighted by atomic mass is 9.98. The van der Waals surface area contributed by atoms with Gasteiger partial charge in [-0.3, -0.25) is 14.9 Å². The molecule has 144 valence electrons. The summed E-state index contributed by atoms with van der Waals surface area (Å²) >= 11 is 3.12. The van der Waals surface area contributed by atoms with Gasteiger partial charge in [0.1, 0.15) is 0 Å². The number of hydrogen-bond donors (Lipinski definition) is 0. The molecule has 0 spiro atoms. The summed E-state index contributed by atoms with van der Waals surface area (Å²) in [6.07, 6.45) is 8.14. The number of nitro benzene ring substituents is 1. The van der Waals surface area contributed by atoms with Gasteiger partial charge in [-0.2, -0.15) is 0 Å². The Morgan fingerprint density at radius 1 is 1.15 bits per heavy atom. The number of unbranched alkanes of at least 4 members (excludes halogenated alkanes) is 5. The van der Waals surface area contributed by atoms with Crippen molar-refractivity contribution in [2.75, 3.05) is 0 Å². The van der Waals surface area contributed by atoms with Crippen LogP contribution < -0.4 is 0 Å². The van der Waals surface area contributed by atoms with Crippen molar-refractivity contribution in [3.63, 3.8) is 0 Å². The predicted molar refractivity (Wildman–Crippen MR) is 103 cm³/mol. The molecule has 0 aliphatic rings. The van der Waals surface area contributed by atoms with E-state index in [2.05, 4.69) is 22.9 Å². The van der Waals surface area contributed by atoms with Gasteiger partial charge in [-0.15, -0.1) is 0 Å². The minimum absolute atomic E-state index is 0.0957. The average molecular weight is 428 g/mol. The highest BCUT2D eigenvalue weighted by Gasteiger charge is 2.23. The first-order valence-corrected chi connectivity index (χ1v) is 9.89. The van der Waals surface area contributed by atoms with Gasteiger partial charge >= 0.3 is 11.9 Å². The molecule has 0 N–H and O–H groups in total. The number of non-ortho nitro benzene ring substituents is 1. The standard InChI is InChI=1S/C19H26BrNO5/c1-3-5-6-7-8-9-10-14(4-2)18(22)26-19(23)16-12-11-15(21(24)25)13-17(16)20/h11-14H,3-10H2,1-2H3. The summed E-state index contributed by atoms with van der Waals surface area (Å²) in [7, 11) is 0. The van der Waals surface area contributed by atoms with Crippen molar-refractivity contribution in [3.8, 4) is 0 Å². The number of halogens is 1. The summed E-state index contributed by atoms with van der Waals surface area (Å²) in [6.45, 7) is 4.07. The van der Waals surface area contributed by atoms with E-state index in [9.17, 15) is 19.7 Å². The monoisotopic (exact) mass is 427 g/mol. The van der Waals surface area contributed by atoms with Gasteiger partial charge in [0.2, 0.25) is 0 Å². The molecule has 0 fully saturated rings. The molecular formula is C19H26BrNO5. The molecule has 0 radical (unpaired) electrons. The Hall–Kier alpha value is -1.76. The fourth-order valence-electron chi connectivity index (χ4n) is 2.67. The summed E-state index contributed by atoms with van der Waals surface area (Å²) in [5.74, 6) is -1.63. The van der Waals surface area contributed by atoms with Crippen molar-refractivity contribution in [2.45, 2.75) is 65.2 Å². The van der Waals surface area contributed by atoms with Crippen LogP contribution in [-0.4, -0.2) is 16.9 Å². The molecule has 0 aliphatic heterocycles. The fraction of sp³-hybridized carbons (Fsp3) is 0.579. The first-order valence-electron chi connectivity index (χ1n) is 9.10. The second-order valence-electron chi connectivity index (χ2n) is 6.29. The van der Waals surface area contributed by atoms with Crippen LogP contribution in [0.15, 0.2) is 22.7 Å². The molecule has 6 nitrogen and oxygen atoms in total. The van der Waals surface area contributed by atoms with Crippen molar-refractivity contribution in [1.82, 2.24) is 0 Å². The van der Waals surface area contributed by atoms with Crippen LogP contribution in [0.1, 0.15) is 75.6 Å². The zero-order valence-corrected chi connectivity index (χ0v) is 16.9. The summed E-state index contributed by atoms with van der Waals surface area (Å²) < 4.78 is 5.22. The molecule has 0 aliphatic carbocycles. The smallest absolute Gasteiger partial charge is 0.346 e. The lowest BCUT2D eigenvalue weighted by molar-refractivity contribution is -0.384. The second kappa shape index (κ2) is 11.8. The van der Waals surface area contributed by atoms with E-state index in [4.69, 9.17) is 4.74 Å². The van der Waals surface area contributed by atoms with Gasteiger partial charge in [-0.1, -0.05) is 52.4 Å². The number of ether oxygens (including phenoxy) is 1. The average Bonchev–Trinajstić information content (AvgIpc) is 2.60. The fourth-order valence-corrected chi connectivity index (χ4v) is 3.20. The van der Waals surface area contributed by atoms with E-state index in [-0.39, 0.29) is 21.6 Å². The third kappa shape index (κ3) is 7.23. The third-order valence-corrected chi connectivity index (χ3v) is 4.97. The van der Waals surface area contributed by atoms with Crippen LogP contribution in [0.5, 0.6) is 0 Å². The topological polar surface area (TPSA) is 86.5 Å². The van der Waals surface area contributed by atoms with E-state index in [1.165, 1.54) is 37.5 Å². The quantitative estimate of drug-likeness (QED) is 0.146. The number of nitrogens with zero attached hydrogens (tertiary/aromatic N) is 1. The Bertz CT molecular complexity index is 632. The molecule has 1 aromatic rings. The van der Waals surface area contributed by atoms with Crippen LogP contribution in [0.25, 0.3) is 0 Å². The van der Waals surface area contributed by atoms with Crippen LogP contribution in [0.3, 0.4) is 0 Å². The van der Waals surface area contributed by atoms with Crippen molar-refractivity contribution < 1.29 is 19.2 Å². The number of benzene rings is 1. The zero-order valence-electron chi connectivity index (χ0n) is 15.3. The molecule has 1 aromatic carbocycles. The van der Waals surface area contributed by atoms with Crippen LogP contribution in [-0.2, 0) is 9.53 Å². The molecule has 0 saturated heterocycles. The summed E-state index contributed by atoms with van der Waals surface area (Å²) in [5, 5.41) is 10.7. The van der Waals surface area contributed by atoms with Gasteiger partial charge < -0.3 is 4.74 Å². The number of esters is 2. The molecule has 0 saturated carbocycles. The lowest BCUT2D eigenvalue weighted by Crippen LogP contribution is -2.21. The number of carbonyl (C=O) groups excluding carboxylic acids is 2. The lowest BCUT2D eigenvalue weighted by Gasteiger charge is -2.13. The molecule has 1 atom stereocenters. The molecule has 26 heavy (non-hydrogen) atoms. The van der Waals surface area contributed by atoms with Gasteiger partial charge in [0, 0.05) is 16.6 Å². The molecule has 0 aromatic heterocycles. The molecule has 0 amide bonds. The third-order valence-electron chi connectivity index (χ3n) is 4.31. The molecule has 0 heterocycles. The summed E-state index contributed by atoms with van der Waals surface area (Å²) in [4.78, 5) is 34.6. The van der Waals surface area contributed by atoms with Crippen LogP contribution in [0.2, 0.25) is 0 Å². The highest BCUT2D eigenvalue weighted by atomic mass is 79.9. The second-order valence-corrected chi connectivity index (χ2v) is 7.15. The van der Waals surface area contributed by atoms with Crippen LogP contribution in [0, 0.1) is 16.0 Å². The van der Waals surface area contributed by atoms with Gasteiger partial charge in [0.05, 0.1) is 16.4 Å². The highest BCUT2D eigenvalue weighted by molar-refractivity contribution is 9.10. The maximum Gasteiger partial charge on any atom is 0.346 e. The Labute approximate surface area is 162 Å². The Morgan fingerprint density at radius 3 is 2.38 bits per heavy atom. The van der Waals surface area contributed by atoms with Crippen LogP contribution in [0.4, 0.5) is 5.69 Å². The van der Waals surface area contributed by atoms with Crippen molar-refractivity contribution in [2.24, 2.45) is 5.92 Å². The van der Waals surface area contributed by atoms with Crippen molar-refractivity contribution >= 4 is 33.6 Å². The van der Waals surface area contributed by atoms with E-state index in [0.29, 0.717) is 12.8 Å². The molecule has 7 heteroatoms. The van der Waals surface area contributed by atoms with E-state index in [0.717, 1.165) is 19.3 Å². The Morgan fingerprint density at radius 2 is 1.81 bits per heavy atom. The van der Waals surface area contributed by atoms with Gasteiger partial charge in [0.15, 0.2) is 0 Å². The Kier molecular flexibility index (Phi) is 10.1. The maximum atomic E-state index is 12.2. The molecular weight excluding hydrogens is 402 g/mol. The molecule has 1 unspecified atom stereocenters. The summed E-state index contributed by atoms with van der Waals surface area (Å²) in [6, 6.07) is 3.71. The Balaban J connectivity index is 2.56. The SMILES string of the molecule is CCCCCCCCC(CC)C(=O)OC(=O)c1ccc([N+](=O)[O-])cc1Br. The first kappa shape index (κ1) is 22.3. The van der Waals surface area contributed by atoms with E-state index in [1.807, 2.05) is 6.92 Å². The largest absolute Gasteiger partial charge is 0.389 e. The highest BCUT2D eigenvalue weighted by Crippen LogP contribution is 2.24. The van der Waals surface area contributed by atoms with Gasteiger partial charge in [-0.05, 0) is 34.8 Å². The van der Waals surface area contributed by atoms with Gasteiger partial charge in [0.25, 0.3) is 5.69 Å². The molecule has 0 bridgehead atoms. The van der Waals surface area contributed by atoms with Gasteiger partial charge in [-0.25, -0.2) is 4.79 Å². The number of nitro groups is 1. The minimum Gasteiger partial charge on any atom is -0.389 e. The van der Waals surface area contributed by atoms with E-state index in [1.54, 1.807) is 0 Å². The van der Waals surface area contributed by atoms with Crippen molar-refractivity contribution in [3.05, 3.63) is 38.3 Å². The molecule has 1 rings (SSSR count). The predicted octanol–water partition coefficient (Wildman–Crippen LogP) is 5.82. The minimum atomic E-state index is -0.793. The number of rotatable bonds is 11. The van der Waals surface area contributed by atoms with E-state index < -0.39 is 16.9 Å². The maximum absolute atomic E-state index is 12.2. The van der Waals surface area contributed by atoms with Crippen LogP contribution >= 0.6 is 15.9 Å². The number of carbonyl (C=O) groups is 2. The first-order chi connectivity index (χ1) is 12.4. The zero-order chi connectivity index (χ0) is 19.5. The summed E-state index contributed by atoms with van der Waals surface area (Å²) in [5.41, 5.74) is -0.0485. The van der Waals surface area contributed by atoms with Crippen molar-refractivity contribution in [1.29, 1.82) is 0 Å².